The lowest BCUT2D eigenvalue weighted by molar-refractivity contribution is -0.137. The van der Waals surface area contributed by atoms with Gasteiger partial charge in [-0.1, -0.05) is 51.2 Å². The van der Waals surface area contributed by atoms with Gasteiger partial charge in [-0.3, -0.25) is 9.59 Å². The Morgan fingerprint density at radius 2 is 2.04 bits per heavy atom. The molecule has 8 heteroatoms. The molecule has 2 atom stereocenters. The van der Waals surface area contributed by atoms with Crippen LogP contribution in [0.4, 0.5) is 5.69 Å². The monoisotopic (exact) mass is 409 g/mol. The van der Waals surface area contributed by atoms with Crippen LogP contribution in [0.1, 0.15) is 55.6 Å². The number of nitrogens with one attached hydrogen (secondary N) is 2. The molecule has 1 aliphatic heterocycles. The van der Waals surface area contributed by atoms with Crippen molar-refractivity contribution in [3.05, 3.63) is 29.3 Å². The molecule has 156 valence electrons. The molecule has 1 aromatic carbocycles. The first kappa shape index (κ1) is 22.5. The summed E-state index contributed by atoms with van der Waals surface area (Å²) >= 11 is 4.34. The van der Waals surface area contributed by atoms with Gasteiger partial charge in [-0.25, -0.2) is 0 Å². The van der Waals surface area contributed by atoms with E-state index < -0.39 is 23.5 Å². The molecule has 1 aromatic rings. The fourth-order valence-corrected chi connectivity index (χ4v) is 3.61. The van der Waals surface area contributed by atoms with Crippen LogP contribution in [-0.4, -0.2) is 36.3 Å². The minimum absolute atomic E-state index is 0.146. The second-order valence-electron chi connectivity index (χ2n) is 7.38. The van der Waals surface area contributed by atoms with Gasteiger partial charge < -0.3 is 26.2 Å². The minimum Gasteiger partial charge on any atom is -0.371 e. The number of ether oxygens (including phenoxy) is 1. The third-order valence-corrected chi connectivity index (χ3v) is 5.36. The molecular weight excluding hydrogens is 378 g/mol. The Bertz CT molecular complexity index is 665. The number of aliphatic hydroxyl groups is 1. The van der Waals surface area contributed by atoms with E-state index in [0.717, 1.165) is 22.7 Å². The van der Waals surface area contributed by atoms with Crippen molar-refractivity contribution < 1.29 is 19.4 Å². The summed E-state index contributed by atoms with van der Waals surface area (Å²) in [4.78, 5) is 21.6. The lowest BCUT2D eigenvalue weighted by atomic mass is 9.91. The topological polar surface area (TPSA) is 114 Å². The van der Waals surface area contributed by atoms with Gasteiger partial charge in [0.1, 0.15) is 11.7 Å². The summed E-state index contributed by atoms with van der Waals surface area (Å²) in [5, 5.41) is 15.0. The number of primary amides is 1. The first-order chi connectivity index (χ1) is 13.4. The zero-order valence-corrected chi connectivity index (χ0v) is 17.2. The highest BCUT2D eigenvalue weighted by atomic mass is 32.1. The Morgan fingerprint density at radius 3 is 2.64 bits per heavy atom. The SMILES string of the molecule is CC1CCCCC1.NC(=O)C(=O)NCCc1ccc2c(c1)[C@H](S)OC[C@@H](O)N2. The normalized spacial score (nSPS) is 22.0. The lowest BCUT2D eigenvalue weighted by Crippen LogP contribution is -2.37. The van der Waals surface area contributed by atoms with Crippen LogP contribution in [0.25, 0.3) is 0 Å². The summed E-state index contributed by atoms with van der Waals surface area (Å²) < 4.78 is 5.39. The Labute approximate surface area is 171 Å². The van der Waals surface area contributed by atoms with E-state index in [9.17, 15) is 14.7 Å². The Balaban J connectivity index is 0.000000336. The molecule has 0 unspecified atom stereocenters. The number of benzene rings is 1. The molecule has 1 fully saturated rings. The van der Waals surface area contributed by atoms with Gasteiger partial charge in [0, 0.05) is 17.8 Å². The van der Waals surface area contributed by atoms with Crippen molar-refractivity contribution in [1.82, 2.24) is 5.32 Å². The maximum Gasteiger partial charge on any atom is 0.309 e. The molecule has 0 spiro atoms. The predicted octanol–water partition coefficient (Wildman–Crippen LogP) is 2.11. The first-order valence-corrected chi connectivity index (χ1v) is 10.3. The average molecular weight is 410 g/mol. The van der Waals surface area contributed by atoms with E-state index in [1.54, 1.807) is 0 Å². The van der Waals surface area contributed by atoms with Gasteiger partial charge in [-0.2, -0.15) is 0 Å². The summed E-state index contributed by atoms with van der Waals surface area (Å²) in [6, 6.07) is 5.57. The summed E-state index contributed by atoms with van der Waals surface area (Å²) in [6.07, 6.45) is 7.20. The maximum atomic E-state index is 11.0. The Hall–Kier alpha value is -1.77. The number of anilines is 1. The highest BCUT2D eigenvalue weighted by molar-refractivity contribution is 7.80. The highest BCUT2D eigenvalue weighted by Crippen LogP contribution is 2.32. The van der Waals surface area contributed by atoms with Crippen molar-refractivity contribution in [2.75, 3.05) is 18.5 Å². The number of hydrogen-bond donors (Lipinski definition) is 5. The fourth-order valence-electron chi connectivity index (χ4n) is 3.31. The summed E-state index contributed by atoms with van der Waals surface area (Å²) in [5.74, 6) is -0.766. The van der Waals surface area contributed by atoms with Crippen LogP contribution < -0.4 is 16.4 Å². The zero-order chi connectivity index (χ0) is 20.5. The Kier molecular flexibility index (Phi) is 9.08. The smallest absolute Gasteiger partial charge is 0.309 e. The number of fused-ring (bicyclic) bond motifs is 1. The Morgan fingerprint density at radius 1 is 1.32 bits per heavy atom. The highest BCUT2D eigenvalue weighted by Gasteiger charge is 2.20. The third-order valence-electron chi connectivity index (χ3n) is 4.93. The van der Waals surface area contributed by atoms with E-state index in [1.807, 2.05) is 18.2 Å². The molecule has 0 aromatic heterocycles. The number of carbonyl (C=O) groups is 2. The second kappa shape index (κ2) is 11.3. The second-order valence-corrected chi connectivity index (χ2v) is 7.85. The molecule has 2 amide bonds. The number of aliphatic hydroxyl groups excluding tert-OH is 1. The summed E-state index contributed by atoms with van der Waals surface area (Å²) in [5.41, 5.74) is 6.92. The van der Waals surface area contributed by atoms with E-state index in [2.05, 4.69) is 30.2 Å². The van der Waals surface area contributed by atoms with Crippen molar-refractivity contribution in [3.8, 4) is 0 Å². The number of thiol groups is 1. The zero-order valence-electron chi connectivity index (χ0n) is 16.3. The van der Waals surface area contributed by atoms with Crippen LogP contribution in [-0.2, 0) is 20.7 Å². The number of nitrogens with two attached hydrogens (primary N) is 1. The quantitative estimate of drug-likeness (QED) is 0.388. The van der Waals surface area contributed by atoms with Crippen LogP contribution in [0.15, 0.2) is 18.2 Å². The number of carbonyl (C=O) groups excluding carboxylic acids is 2. The van der Waals surface area contributed by atoms with E-state index in [1.165, 1.54) is 32.1 Å². The standard InChI is InChI=1S/C13H17N3O4S.C7H14/c14-11(18)12(19)15-4-3-7-1-2-9-8(5-7)13(21)20-6-10(17)16-9;1-7-5-3-2-4-6-7/h1-2,5,10,13,16-17,21H,3-4,6H2,(H2,14,18)(H,15,19);7H,2-6H2,1H3/t10-,13+;/m1./s1. The molecule has 0 bridgehead atoms. The molecule has 2 aliphatic rings. The van der Waals surface area contributed by atoms with Crippen molar-refractivity contribution in [1.29, 1.82) is 0 Å². The van der Waals surface area contributed by atoms with Gasteiger partial charge in [0.05, 0.1) is 6.61 Å². The molecule has 7 nitrogen and oxygen atoms in total. The predicted molar refractivity (Wildman–Crippen MR) is 112 cm³/mol. The van der Waals surface area contributed by atoms with Crippen molar-refractivity contribution in [3.63, 3.8) is 0 Å². The molecule has 1 saturated carbocycles. The minimum atomic E-state index is -1.00. The van der Waals surface area contributed by atoms with Crippen LogP contribution >= 0.6 is 12.6 Å². The molecule has 5 N–H and O–H groups in total. The van der Waals surface area contributed by atoms with E-state index in [4.69, 9.17) is 10.5 Å². The maximum absolute atomic E-state index is 11.0. The summed E-state index contributed by atoms with van der Waals surface area (Å²) in [7, 11) is 0. The van der Waals surface area contributed by atoms with Crippen molar-refractivity contribution >= 4 is 30.1 Å². The molecule has 28 heavy (non-hydrogen) atoms. The van der Waals surface area contributed by atoms with Gasteiger partial charge >= 0.3 is 11.8 Å². The average Bonchev–Trinajstić information content (AvgIpc) is 2.81. The molecule has 0 radical (unpaired) electrons. The fraction of sp³-hybridized carbons (Fsp3) is 0.600. The van der Waals surface area contributed by atoms with Crippen LogP contribution in [0.3, 0.4) is 0 Å². The lowest BCUT2D eigenvalue weighted by Gasteiger charge is -2.15. The third kappa shape index (κ3) is 7.33. The molecule has 1 aliphatic carbocycles. The summed E-state index contributed by atoms with van der Waals surface area (Å²) in [6.45, 7) is 2.81. The number of amides is 2. The van der Waals surface area contributed by atoms with Gasteiger partial charge in [0.15, 0.2) is 0 Å². The van der Waals surface area contributed by atoms with Gasteiger partial charge in [-0.15, -0.1) is 12.6 Å². The van der Waals surface area contributed by atoms with E-state index in [-0.39, 0.29) is 6.61 Å². The molecule has 0 saturated heterocycles. The van der Waals surface area contributed by atoms with E-state index in [0.29, 0.717) is 13.0 Å². The van der Waals surface area contributed by atoms with Gasteiger partial charge in [0.25, 0.3) is 0 Å². The van der Waals surface area contributed by atoms with Gasteiger partial charge in [-0.05, 0) is 24.0 Å². The van der Waals surface area contributed by atoms with Crippen LogP contribution in [0.5, 0.6) is 0 Å². The number of hydrogen-bond acceptors (Lipinski definition) is 6. The van der Waals surface area contributed by atoms with Crippen molar-refractivity contribution in [2.24, 2.45) is 11.7 Å². The molecular formula is C20H31N3O4S. The van der Waals surface area contributed by atoms with Gasteiger partial charge in [0.2, 0.25) is 0 Å². The molecule has 3 rings (SSSR count). The number of rotatable bonds is 3. The van der Waals surface area contributed by atoms with Crippen LogP contribution in [0, 0.1) is 5.92 Å². The molecule has 1 heterocycles. The largest absolute Gasteiger partial charge is 0.371 e. The first-order valence-electron chi connectivity index (χ1n) is 9.81. The van der Waals surface area contributed by atoms with E-state index >= 15 is 0 Å². The van der Waals surface area contributed by atoms with Crippen molar-refractivity contribution in [2.45, 2.75) is 57.1 Å². The van der Waals surface area contributed by atoms with Crippen LogP contribution in [0.2, 0.25) is 0 Å².